The van der Waals surface area contributed by atoms with Crippen molar-refractivity contribution < 1.29 is 9.59 Å². The van der Waals surface area contributed by atoms with Gasteiger partial charge in [0.25, 0.3) is 0 Å². The average molecular weight is 475 g/mol. The fraction of sp³-hybridized carbons (Fsp3) is 0.812. The maximum absolute atomic E-state index is 12.3. The summed E-state index contributed by atoms with van der Waals surface area (Å²) in [5.41, 5.74) is 0. The van der Waals surface area contributed by atoms with Gasteiger partial charge in [0.1, 0.15) is 12.1 Å². The number of hydrogen-bond donors (Lipinski definition) is 0. The molecular formula is C32H58O2. The lowest BCUT2D eigenvalue weighted by Gasteiger charge is -2.07. The van der Waals surface area contributed by atoms with Crippen LogP contribution in [0.15, 0.2) is 24.3 Å². The predicted molar refractivity (Wildman–Crippen MR) is 150 cm³/mol. The van der Waals surface area contributed by atoms with Crippen LogP contribution in [-0.4, -0.2) is 12.1 Å². The summed E-state index contributed by atoms with van der Waals surface area (Å²) in [6.45, 7) is 9.22. The third-order valence-corrected chi connectivity index (χ3v) is 7.03. The molecule has 0 saturated heterocycles. The Hall–Kier alpha value is -1.18. The van der Waals surface area contributed by atoms with Crippen LogP contribution in [0.1, 0.15) is 150 Å². The molecule has 198 valence electrons. The zero-order valence-corrected chi connectivity index (χ0v) is 23.4. The summed E-state index contributed by atoms with van der Waals surface area (Å²) in [6.07, 6.45) is 31.9. The highest BCUT2D eigenvalue weighted by atomic mass is 16.1. The number of hydrogen-bond acceptors (Lipinski definition) is 2. The minimum Gasteiger partial charge on any atom is -0.303 e. The number of allylic oxidation sites excluding steroid dienone is 4. The van der Waals surface area contributed by atoms with E-state index in [2.05, 4.69) is 45.9 Å². The van der Waals surface area contributed by atoms with E-state index in [9.17, 15) is 9.59 Å². The average Bonchev–Trinajstić information content (AvgIpc) is 2.82. The normalized spacial score (nSPS) is 13.8. The van der Waals surface area contributed by atoms with E-state index in [1.54, 1.807) is 0 Å². The monoisotopic (exact) mass is 474 g/mol. The van der Waals surface area contributed by atoms with E-state index in [1.807, 2.05) is 6.08 Å². The minimum absolute atomic E-state index is 0.0898. The standard InChI is InChI=1S/C32H58O2/c1-5-30(4)25-21-17-13-9-7-11-15-19-23-27-32(34)31(28-33)26-22-18-14-10-6-8-12-16-20-24-29(2)3/h15,18-19,22,28-31H,5-14,16-17,20-21,23-27H2,1-4H3. The molecule has 0 rings (SSSR count). The Morgan fingerprint density at radius 2 is 1.15 bits per heavy atom. The molecule has 34 heavy (non-hydrogen) atoms. The molecule has 0 N–H and O–H groups in total. The van der Waals surface area contributed by atoms with Crippen LogP contribution >= 0.6 is 0 Å². The summed E-state index contributed by atoms with van der Waals surface area (Å²) < 4.78 is 0. The molecule has 0 bridgehead atoms. The lowest BCUT2D eigenvalue weighted by molar-refractivity contribution is -0.127. The fourth-order valence-corrected chi connectivity index (χ4v) is 4.28. The first-order chi connectivity index (χ1) is 16.5. The van der Waals surface area contributed by atoms with Gasteiger partial charge in [0.2, 0.25) is 0 Å². The molecule has 0 radical (unpaired) electrons. The second kappa shape index (κ2) is 24.9. The zero-order chi connectivity index (χ0) is 25.3. The van der Waals surface area contributed by atoms with Crippen molar-refractivity contribution in [1.82, 2.24) is 0 Å². The van der Waals surface area contributed by atoms with Gasteiger partial charge in [-0.05, 0) is 50.4 Å². The lowest BCUT2D eigenvalue weighted by atomic mass is 9.97. The number of unbranched alkanes of at least 4 members (excludes halogenated alkanes) is 11. The molecule has 2 unspecified atom stereocenters. The summed E-state index contributed by atoms with van der Waals surface area (Å²) in [4.78, 5) is 23.7. The molecule has 0 fully saturated rings. The van der Waals surface area contributed by atoms with Crippen LogP contribution in [0.5, 0.6) is 0 Å². The van der Waals surface area contributed by atoms with Crippen LogP contribution in [0.3, 0.4) is 0 Å². The van der Waals surface area contributed by atoms with E-state index in [0.29, 0.717) is 12.8 Å². The molecule has 2 atom stereocenters. The minimum atomic E-state index is -0.457. The summed E-state index contributed by atoms with van der Waals surface area (Å²) in [6, 6.07) is 0. The Kier molecular flexibility index (Phi) is 24.1. The van der Waals surface area contributed by atoms with Crippen molar-refractivity contribution in [2.75, 3.05) is 0 Å². The van der Waals surface area contributed by atoms with Gasteiger partial charge in [-0.1, -0.05) is 129 Å². The van der Waals surface area contributed by atoms with E-state index >= 15 is 0 Å². The van der Waals surface area contributed by atoms with Crippen LogP contribution < -0.4 is 0 Å². The van der Waals surface area contributed by atoms with Crippen molar-refractivity contribution in [1.29, 1.82) is 0 Å². The van der Waals surface area contributed by atoms with E-state index in [4.69, 9.17) is 0 Å². The van der Waals surface area contributed by atoms with Gasteiger partial charge in [-0.3, -0.25) is 4.79 Å². The molecule has 0 saturated carbocycles. The van der Waals surface area contributed by atoms with E-state index < -0.39 is 5.92 Å². The van der Waals surface area contributed by atoms with Crippen molar-refractivity contribution in [3.8, 4) is 0 Å². The third kappa shape index (κ3) is 22.6. The van der Waals surface area contributed by atoms with Gasteiger partial charge < -0.3 is 4.79 Å². The molecule has 0 aliphatic heterocycles. The van der Waals surface area contributed by atoms with Crippen LogP contribution in [0.25, 0.3) is 0 Å². The second-order valence-corrected chi connectivity index (χ2v) is 10.9. The highest BCUT2D eigenvalue weighted by molar-refractivity contribution is 5.93. The lowest BCUT2D eigenvalue weighted by Crippen LogP contribution is -2.14. The van der Waals surface area contributed by atoms with Gasteiger partial charge in [-0.2, -0.15) is 0 Å². The van der Waals surface area contributed by atoms with Crippen LogP contribution in [-0.2, 0) is 9.59 Å². The Balaban J connectivity index is 3.66. The van der Waals surface area contributed by atoms with Crippen molar-refractivity contribution in [2.24, 2.45) is 17.8 Å². The Morgan fingerprint density at radius 3 is 1.71 bits per heavy atom. The maximum atomic E-state index is 12.3. The van der Waals surface area contributed by atoms with Gasteiger partial charge in [-0.15, -0.1) is 0 Å². The fourth-order valence-electron chi connectivity index (χ4n) is 4.28. The van der Waals surface area contributed by atoms with Crippen molar-refractivity contribution in [2.45, 2.75) is 150 Å². The number of carbonyl (C=O) groups excluding carboxylic acids is 2. The number of Topliss-reactive ketones (excluding diaryl/α,β-unsaturated/α-hetero) is 1. The number of rotatable bonds is 25. The summed E-state index contributed by atoms with van der Waals surface area (Å²) in [7, 11) is 0. The van der Waals surface area contributed by atoms with Crippen LogP contribution in [0.2, 0.25) is 0 Å². The van der Waals surface area contributed by atoms with Crippen LogP contribution in [0.4, 0.5) is 0 Å². The topological polar surface area (TPSA) is 34.1 Å². The first kappa shape index (κ1) is 32.8. The van der Waals surface area contributed by atoms with Crippen LogP contribution in [0, 0.1) is 17.8 Å². The molecule has 0 heterocycles. The highest BCUT2D eigenvalue weighted by Crippen LogP contribution is 2.15. The molecule has 0 amide bonds. The maximum Gasteiger partial charge on any atom is 0.143 e. The number of aldehydes is 1. The van der Waals surface area contributed by atoms with Gasteiger partial charge in [0.05, 0.1) is 5.92 Å². The molecule has 2 heteroatoms. The molecule has 0 aromatic heterocycles. The molecular weight excluding hydrogens is 416 g/mol. The molecule has 2 nitrogen and oxygen atoms in total. The second-order valence-electron chi connectivity index (χ2n) is 10.9. The first-order valence-corrected chi connectivity index (χ1v) is 14.8. The highest BCUT2D eigenvalue weighted by Gasteiger charge is 2.14. The molecule has 0 aliphatic carbocycles. The SMILES string of the molecule is CCC(C)CCCCCCCC=CCCC(=O)C(C=O)CC=CCCCCCCCCC(C)C. The largest absolute Gasteiger partial charge is 0.303 e. The predicted octanol–water partition coefficient (Wildman–Crippen LogP) is 10.2. The number of ketones is 1. The van der Waals surface area contributed by atoms with E-state index in [1.165, 1.54) is 89.9 Å². The Morgan fingerprint density at radius 1 is 0.647 bits per heavy atom. The van der Waals surface area contributed by atoms with Gasteiger partial charge in [0, 0.05) is 6.42 Å². The quantitative estimate of drug-likeness (QED) is 0.0570. The molecule has 0 aliphatic rings. The molecule has 0 aromatic carbocycles. The summed E-state index contributed by atoms with van der Waals surface area (Å²) in [5.74, 6) is 1.34. The Labute approximate surface area is 213 Å². The summed E-state index contributed by atoms with van der Waals surface area (Å²) in [5, 5.41) is 0. The van der Waals surface area contributed by atoms with Crippen molar-refractivity contribution >= 4 is 12.1 Å². The number of carbonyl (C=O) groups is 2. The van der Waals surface area contributed by atoms with E-state index in [0.717, 1.165) is 37.4 Å². The van der Waals surface area contributed by atoms with E-state index in [-0.39, 0.29) is 5.78 Å². The van der Waals surface area contributed by atoms with Gasteiger partial charge >= 0.3 is 0 Å². The Bertz CT molecular complexity index is 517. The third-order valence-electron chi connectivity index (χ3n) is 7.03. The van der Waals surface area contributed by atoms with Gasteiger partial charge in [0.15, 0.2) is 0 Å². The first-order valence-electron chi connectivity index (χ1n) is 14.8. The molecule has 0 aromatic rings. The summed E-state index contributed by atoms with van der Waals surface area (Å²) >= 11 is 0. The zero-order valence-electron chi connectivity index (χ0n) is 23.4. The van der Waals surface area contributed by atoms with Crippen molar-refractivity contribution in [3.63, 3.8) is 0 Å². The molecule has 0 spiro atoms. The van der Waals surface area contributed by atoms with Gasteiger partial charge in [-0.25, -0.2) is 0 Å². The van der Waals surface area contributed by atoms with Crippen molar-refractivity contribution in [3.05, 3.63) is 24.3 Å². The smallest absolute Gasteiger partial charge is 0.143 e.